The van der Waals surface area contributed by atoms with E-state index in [4.69, 9.17) is 26.4 Å². The molecule has 7 nitrogen and oxygen atoms in total. The van der Waals surface area contributed by atoms with Gasteiger partial charge in [0.15, 0.2) is 11.9 Å². The van der Waals surface area contributed by atoms with Gasteiger partial charge >= 0.3 is 0 Å². The number of pyridine rings is 2. The van der Waals surface area contributed by atoms with Crippen LogP contribution in [0.3, 0.4) is 0 Å². The van der Waals surface area contributed by atoms with Crippen LogP contribution in [0, 0.1) is 0 Å². The smallest absolute Gasteiger partial charge is 0.161 e. The first-order valence-electron chi connectivity index (χ1n) is 16.4. The maximum atomic E-state index is 10.5. The van der Waals surface area contributed by atoms with Gasteiger partial charge in [0.25, 0.3) is 0 Å². The summed E-state index contributed by atoms with van der Waals surface area (Å²) in [7, 11) is 0. The lowest BCUT2D eigenvalue weighted by Crippen LogP contribution is -2.48. The fourth-order valence-electron chi connectivity index (χ4n) is 7.77. The van der Waals surface area contributed by atoms with Gasteiger partial charge in [-0.3, -0.25) is 9.88 Å². The molecule has 5 heterocycles. The topological polar surface area (TPSA) is 76.3 Å². The number of hydrogen-bond donors (Lipinski definition) is 1. The van der Waals surface area contributed by atoms with Gasteiger partial charge in [0, 0.05) is 47.1 Å². The Balaban J connectivity index is 1.26. The van der Waals surface area contributed by atoms with Crippen LogP contribution < -0.4 is 0 Å². The summed E-state index contributed by atoms with van der Waals surface area (Å²) in [5.41, 5.74) is 7.11. The first-order chi connectivity index (χ1) is 21.1. The predicted octanol–water partition coefficient (Wildman–Crippen LogP) is 7.86. The second-order valence-electron chi connectivity index (χ2n) is 14.0. The minimum absolute atomic E-state index is 0.155. The fourth-order valence-corrected chi connectivity index (χ4v) is 8.16. The van der Waals surface area contributed by atoms with Crippen LogP contribution in [0.25, 0.3) is 33.4 Å². The summed E-state index contributed by atoms with van der Waals surface area (Å²) in [5.74, 6) is 0. The van der Waals surface area contributed by atoms with Crippen LogP contribution in [-0.4, -0.2) is 54.5 Å². The van der Waals surface area contributed by atoms with Gasteiger partial charge in [-0.25, -0.2) is 9.67 Å². The van der Waals surface area contributed by atoms with Crippen molar-refractivity contribution in [1.29, 1.82) is 0 Å². The van der Waals surface area contributed by atoms with Crippen molar-refractivity contribution in [2.75, 3.05) is 13.2 Å². The third-order valence-electron chi connectivity index (χ3n) is 10.3. The maximum absolute atomic E-state index is 10.5. The highest BCUT2D eigenvalue weighted by Crippen LogP contribution is 2.39. The zero-order valence-corrected chi connectivity index (χ0v) is 27.2. The van der Waals surface area contributed by atoms with Crippen molar-refractivity contribution < 1.29 is 9.84 Å². The Hall–Kier alpha value is -2.84. The summed E-state index contributed by atoms with van der Waals surface area (Å²) in [4.78, 5) is 12.3. The quantitative estimate of drug-likeness (QED) is 0.231. The van der Waals surface area contributed by atoms with Crippen LogP contribution in [-0.2, 0) is 23.2 Å². The zero-order chi connectivity index (χ0) is 30.6. The lowest BCUT2D eigenvalue weighted by atomic mass is 9.89. The molecule has 8 heteroatoms. The Labute approximate surface area is 265 Å². The molecule has 4 aromatic rings. The van der Waals surface area contributed by atoms with Crippen LogP contribution in [0.1, 0.15) is 95.7 Å². The molecule has 0 bridgehead atoms. The highest BCUT2D eigenvalue weighted by Gasteiger charge is 2.38. The van der Waals surface area contributed by atoms with Gasteiger partial charge in [-0.1, -0.05) is 29.8 Å². The Morgan fingerprint density at radius 1 is 0.955 bits per heavy atom. The monoisotopic (exact) mass is 613 g/mol. The Kier molecular flexibility index (Phi) is 7.81. The SMILES string of the molecule is C[C@@H]1CCCN1C1(C)CCc2ccc(-c3cnc4c(c3)c(-c3cnc(C(C)(C)O)c(Cl)c3)nn4C3CCCCO3)cc2CC1. The molecule has 2 fully saturated rings. The number of aromatic nitrogens is 4. The van der Waals surface area contributed by atoms with Crippen LogP contribution in [0.2, 0.25) is 5.02 Å². The van der Waals surface area contributed by atoms with Crippen molar-refractivity contribution >= 4 is 22.6 Å². The molecule has 3 atom stereocenters. The molecule has 0 spiro atoms. The average Bonchev–Trinajstić information content (AvgIpc) is 3.58. The standard InChI is InChI=1S/C36H44ClN5O2/c1-23-8-7-16-41(23)36(4)14-12-24-10-11-25(18-26(24)13-15-36)27-19-29-32(28-20-30(37)33(38-22-28)35(2,3)43)40-42(34(29)39-21-27)31-9-5-6-17-44-31/h10-11,18-23,31,43H,5-9,12-17H2,1-4H3/t23-,31?,36?/m1/s1. The maximum Gasteiger partial charge on any atom is 0.161 e. The van der Waals surface area contributed by atoms with E-state index in [-0.39, 0.29) is 11.8 Å². The predicted molar refractivity (Wildman–Crippen MR) is 176 cm³/mol. The number of nitrogens with zero attached hydrogens (tertiary/aromatic N) is 5. The summed E-state index contributed by atoms with van der Waals surface area (Å²) >= 11 is 6.65. The van der Waals surface area contributed by atoms with Crippen LogP contribution in [0.15, 0.2) is 42.7 Å². The van der Waals surface area contributed by atoms with Gasteiger partial charge < -0.3 is 9.84 Å². The average molecular weight is 614 g/mol. The van der Waals surface area contributed by atoms with Crippen molar-refractivity contribution in [3.05, 3.63) is 64.6 Å². The molecule has 0 saturated carbocycles. The summed E-state index contributed by atoms with van der Waals surface area (Å²) in [5, 5.41) is 17.0. The molecule has 44 heavy (non-hydrogen) atoms. The molecule has 7 rings (SSSR count). The van der Waals surface area contributed by atoms with Crippen molar-refractivity contribution in [2.24, 2.45) is 0 Å². The molecule has 1 N–H and O–H groups in total. The highest BCUT2D eigenvalue weighted by atomic mass is 35.5. The first kappa shape index (κ1) is 29.8. The number of hydrogen-bond acceptors (Lipinski definition) is 6. The van der Waals surface area contributed by atoms with Gasteiger partial charge in [-0.15, -0.1) is 0 Å². The molecule has 2 unspecified atom stereocenters. The van der Waals surface area contributed by atoms with Crippen LogP contribution >= 0.6 is 11.6 Å². The largest absolute Gasteiger partial charge is 0.384 e. The number of ether oxygens (including phenoxy) is 1. The van der Waals surface area contributed by atoms with E-state index in [2.05, 4.69) is 48.0 Å². The summed E-state index contributed by atoms with van der Waals surface area (Å²) in [6.07, 6.45) is 13.9. The fraction of sp³-hybridized carbons (Fsp3) is 0.528. The number of benzene rings is 1. The van der Waals surface area contributed by atoms with E-state index >= 15 is 0 Å². The number of aliphatic hydroxyl groups is 1. The van der Waals surface area contributed by atoms with Gasteiger partial charge in [0.05, 0.1) is 10.7 Å². The molecule has 2 saturated heterocycles. The lowest BCUT2D eigenvalue weighted by Gasteiger charge is -2.41. The summed E-state index contributed by atoms with van der Waals surface area (Å²) < 4.78 is 8.07. The minimum atomic E-state index is -1.14. The molecule has 0 amide bonds. The second-order valence-corrected chi connectivity index (χ2v) is 14.4. The summed E-state index contributed by atoms with van der Waals surface area (Å²) in [6, 6.07) is 11.7. The van der Waals surface area contributed by atoms with Gasteiger partial charge in [-0.2, -0.15) is 5.10 Å². The number of fused-ring (bicyclic) bond motifs is 2. The van der Waals surface area contributed by atoms with E-state index in [1.54, 1.807) is 20.0 Å². The number of aryl methyl sites for hydroxylation is 2. The van der Waals surface area contributed by atoms with E-state index in [0.29, 0.717) is 16.8 Å². The third kappa shape index (κ3) is 5.46. The Morgan fingerprint density at radius 3 is 2.45 bits per heavy atom. The molecule has 0 radical (unpaired) electrons. The molecular weight excluding hydrogens is 570 g/mol. The number of likely N-dealkylation sites (tertiary alicyclic amines) is 1. The van der Waals surface area contributed by atoms with Crippen LogP contribution in [0.4, 0.5) is 0 Å². The first-order valence-corrected chi connectivity index (χ1v) is 16.8. The van der Waals surface area contributed by atoms with Crippen molar-refractivity contribution in [2.45, 2.75) is 109 Å². The van der Waals surface area contributed by atoms with Crippen molar-refractivity contribution in [3.8, 4) is 22.4 Å². The molecule has 3 aliphatic rings. The van der Waals surface area contributed by atoms with Crippen molar-refractivity contribution in [1.82, 2.24) is 24.6 Å². The Morgan fingerprint density at radius 2 is 1.75 bits per heavy atom. The molecule has 3 aromatic heterocycles. The van der Waals surface area contributed by atoms with E-state index in [1.807, 2.05) is 16.9 Å². The molecular formula is C36H44ClN5O2. The lowest BCUT2D eigenvalue weighted by molar-refractivity contribution is -0.0368. The number of halogens is 1. The second kappa shape index (κ2) is 11.5. The van der Waals surface area contributed by atoms with Gasteiger partial charge in [0.1, 0.15) is 11.3 Å². The molecule has 232 valence electrons. The normalized spacial score (nSPS) is 24.9. The highest BCUT2D eigenvalue weighted by molar-refractivity contribution is 6.31. The van der Waals surface area contributed by atoms with Gasteiger partial charge in [-0.05, 0) is 121 Å². The minimum Gasteiger partial charge on any atom is -0.384 e. The third-order valence-corrected chi connectivity index (χ3v) is 10.6. The summed E-state index contributed by atoms with van der Waals surface area (Å²) in [6.45, 7) is 10.2. The molecule has 2 aliphatic heterocycles. The van der Waals surface area contributed by atoms with E-state index < -0.39 is 5.60 Å². The van der Waals surface area contributed by atoms with Crippen molar-refractivity contribution in [3.63, 3.8) is 0 Å². The molecule has 1 aliphatic carbocycles. The van der Waals surface area contributed by atoms with Gasteiger partial charge in [0.2, 0.25) is 0 Å². The van der Waals surface area contributed by atoms with E-state index in [9.17, 15) is 5.11 Å². The number of rotatable bonds is 5. The van der Waals surface area contributed by atoms with E-state index in [0.717, 1.165) is 66.6 Å². The van der Waals surface area contributed by atoms with E-state index in [1.165, 1.54) is 48.9 Å². The zero-order valence-electron chi connectivity index (χ0n) is 26.4. The Bertz CT molecular complexity index is 1690. The molecule has 1 aromatic carbocycles. The van der Waals surface area contributed by atoms with Crippen LogP contribution in [0.5, 0.6) is 0 Å².